The first kappa shape index (κ1) is 9.21. The molecule has 0 amide bonds. The molecule has 0 spiro atoms. The third-order valence-electron chi connectivity index (χ3n) is 2.05. The van der Waals surface area contributed by atoms with Crippen LogP contribution in [0.4, 0.5) is 0 Å². The van der Waals surface area contributed by atoms with E-state index in [2.05, 4.69) is 0 Å². The van der Waals surface area contributed by atoms with Crippen LogP contribution in [0, 0.1) is 0 Å². The summed E-state index contributed by atoms with van der Waals surface area (Å²) in [6.07, 6.45) is -0.111. The maximum atomic E-state index is 11.3. The smallest absolute Gasteiger partial charge is 0.339 e. The second-order valence-corrected chi connectivity index (χ2v) is 4.09. The lowest BCUT2D eigenvalue weighted by atomic mass is 10.1. The highest BCUT2D eigenvalue weighted by Gasteiger charge is 2.28. The summed E-state index contributed by atoms with van der Waals surface area (Å²) in [6, 6.07) is 1.71. The molecular weight excluding hydrogens is 204 g/mol. The van der Waals surface area contributed by atoms with Crippen LogP contribution in [0.2, 0.25) is 0 Å². The van der Waals surface area contributed by atoms with Crippen molar-refractivity contribution in [1.82, 2.24) is 0 Å². The summed E-state index contributed by atoms with van der Waals surface area (Å²) in [6.45, 7) is 0. The lowest BCUT2D eigenvalue weighted by Crippen LogP contribution is -2.28. The normalized spacial score (nSPS) is 20.0. The van der Waals surface area contributed by atoms with E-state index in [0.29, 0.717) is 12.0 Å². The largest absolute Gasteiger partial charge is 0.481 e. The first-order valence-electron chi connectivity index (χ1n) is 4.16. The van der Waals surface area contributed by atoms with Crippen molar-refractivity contribution in [1.29, 1.82) is 0 Å². The van der Waals surface area contributed by atoms with Crippen LogP contribution in [0.1, 0.15) is 21.7 Å². The number of aliphatic carboxylic acids is 1. The Morgan fingerprint density at radius 3 is 3.21 bits per heavy atom. The molecule has 1 aromatic heterocycles. The number of hydrogen-bond donors (Lipinski definition) is 1. The number of carboxylic acid groups (broad SMARTS) is 1. The molecule has 0 radical (unpaired) electrons. The van der Waals surface area contributed by atoms with Crippen LogP contribution in [-0.2, 0) is 16.0 Å². The van der Waals surface area contributed by atoms with Gasteiger partial charge in [-0.15, -0.1) is 11.3 Å². The zero-order valence-corrected chi connectivity index (χ0v) is 8.04. The summed E-state index contributed by atoms with van der Waals surface area (Å²) in [4.78, 5) is 22.7. The van der Waals surface area contributed by atoms with Crippen molar-refractivity contribution in [3.63, 3.8) is 0 Å². The molecule has 2 heterocycles. The number of hydrogen-bond acceptors (Lipinski definition) is 4. The maximum absolute atomic E-state index is 11.3. The molecule has 2 rings (SSSR count). The number of cyclic esters (lactones) is 1. The SMILES string of the molecule is O=C(O)CC1Cc2sccc2C(=O)O1. The van der Waals surface area contributed by atoms with Gasteiger partial charge in [0.05, 0.1) is 12.0 Å². The molecule has 0 saturated carbocycles. The van der Waals surface area contributed by atoms with E-state index in [1.807, 2.05) is 5.38 Å². The molecule has 5 heteroatoms. The second kappa shape index (κ2) is 3.42. The van der Waals surface area contributed by atoms with Crippen molar-refractivity contribution in [2.75, 3.05) is 0 Å². The molecule has 1 unspecified atom stereocenters. The second-order valence-electron chi connectivity index (χ2n) is 3.09. The fourth-order valence-corrected chi connectivity index (χ4v) is 2.38. The molecule has 74 valence electrons. The summed E-state index contributed by atoms with van der Waals surface area (Å²) in [5.74, 6) is -1.35. The maximum Gasteiger partial charge on any atom is 0.339 e. The summed E-state index contributed by atoms with van der Waals surface area (Å²) in [5.41, 5.74) is 0.580. The number of esters is 1. The average molecular weight is 212 g/mol. The highest BCUT2D eigenvalue weighted by atomic mass is 32.1. The van der Waals surface area contributed by atoms with Gasteiger partial charge in [0.15, 0.2) is 0 Å². The number of rotatable bonds is 2. The topological polar surface area (TPSA) is 63.6 Å². The predicted molar refractivity (Wildman–Crippen MR) is 49.5 cm³/mol. The minimum atomic E-state index is -0.942. The van der Waals surface area contributed by atoms with E-state index < -0.39 is 18.0 Å². The molecule has 1 aliphatic heterocycles. The van der Waals surface area contributed by atoms with Crippen LogP contribution < -0.4 is 0 Å². The third kappa shape index (κ3) is 1.63. The van der Waals surface area contributed by atoms with Gasteiger partial charge in [-0.1, -0.05) is 0 Å². The van der Waals surface area contributed by atoms with E-state index in [1.165, 1.54) is 11.3 Å². The fraction of sp³-hybridized carbons (Fsp3) is 0.333. The van der Waals surface area contributed by atoms with Crippen LogP contribution in [-0.4, -0.2) is 23.1 Å². The van der Waals surface area contributed by atoms with E-state index in [4.69, 9.17) is 9.84 Å². The molecule has 1 aliphatic rings. The zero-order chi connectivity index (χ0) is 10.1. The molecule has 14 heavy (non-hydrogen) atoms. The van der Waals surface area contributed by atoms with Gasteiger partial charge in [-0.05, 0) is 11.4 Å². The summed E-state index contributed by atoms with van der Waals surface area (Å²) < 4.78 is 4.97. The van der Waals surface area contributed by atoms with Gasteiger partial charge in [0.1, 0.15) is 6.10 Å². The molecule has 1 aromatic rings. The van der Waals surface area contributed by atoms with E-state index >= 15 is 0 Å². The highest BCUT2D eigenvalue weighted by molar-refractivity contribution is 7.10. The average Bonchev–Trinajstić information content (AvgIpc) is 2.50. The zero-order valence-electron chi connectivity index (χ0n) is 7.23. The van der Waals surface area contributed by atoms with Crippen molar-refractivity contribution >= 4 is 23.3 Å². The van der Waals surface area contributed by atoms with Crippen LogP contribution in [0.3, 0.4) is 0 Å². The molecule has 4 nitrogen and oxygen atoms in total. The fourth-order valence-electron chi connectivity index (χ4n) is 1.45. The Balaban J connectivity index is 2.17. The number of carbonyl (C=O) groups is 2. The lowest BCUT2D eigenvalue weighted by Gasteiger charge is -2.20. The van der Waals surface area contributed by atoms with E-state index in [9.17, 15) is 9.59 Å². The molecule has 0 fully saturated rings. The van der Waals surface area contributed by atoms with Gasteiger partial charge < -0.3 is 9.84 Å². The Bertz CT molecular complexity index is 382. The highest BCUT2D eigenvalue weighted by Crippen LogP contribution is 2.26. The van der Waals surface area contributed by atoms with Crippen LogP contribution in [0.5, 0.6) is 0 Å². The van der Waals surface area contributed by atoms with Gasteiger partial charge in [0.25, 0.3) is 0 Å². The minimum absolute atomic E-state index is 0.122. The number of ether oxygens (including phenoxy) is 1. The Hall–Kier alpha value is -1.36. The van der Waals surface area contributed by atoms with Crippen molar-refractivity contribution < 1.29 is 19.4 Å². The molecule has 0 aromatic carbocycles. The van der Waals surface area contributed by atoms with E-state index in [-0.39, 0.29) is 6.42 Å². The summed E-state index contributed by atoms with van der Waals surface area (Å²) in [5, 5.41) is 10.4. The monoisotopic (exact) mass is 212 g/mol. The summed E-state index contributed by atoms with van der Waals surface area (Å²) >= 11 is 1.47. The van der Waals surface area contributed by atoms with Gasteiger partial charge in [0, 0.05) is 11.3 Å². The molecule has 0 bridgehead atoms. The number of thiophene rings is 1. The van der Waals surface area contributed by atoms with Gasteiger partial charge >= 0.3 is 11.9 Å². The summed E-state index contributed by atoms with van der Waals surface area (Å²) in [7, 11) is 0. The molecule has 1 atom stereocenters. The van der Waals surface area contributed by atoms with E-state index in [1.54, 1.807) is 6.07 Å². The first-order valence-corrected chi connectivity index (χ1v) is 5.04. The molecule has 1 N–H and O–H groups in total. The Labute approximate surface area is 84.1 Å². The van der Waals surface area contributed by atoms with Gasteiger partial charge in [-0.3, -0.25) is 4.79 Å². The Morgan fingerprint density at radius 2 is 2.50 bits per heavy atom. The van der Waals surface area contributed by atoms with Crippen LogP contribution in [0.25, 0.3) is 0 Å². The number of carboxylic acids is 1. The first-order chi connectivity index (χ1) is 6.66. The number of fused-ring (bicyclic) bond motifs is 1. The van der Waals surface area contributed by atoms with E-state index in [0.717, 1.165) is 4.88 Å². The van der Waals surface area contributed by atoms with Crippen molar-refractivity contribution in [3.8, 4) is 0 Å². The van der Waals surface area contributed by atoms with Gasteiger partial charge in [0.2, 0.25) is 0 Å². The lowest BCUT2D eigenvalue weighted by molar-refractivity contribution is -0.139. The van der Waals surface area contributed by atoms with Gasteiger partial charge in [-0.2, -0.15) is 0 Å². The van der Waals surface area contributed by atoms with Crippen molar-refractivity contribution in [3.05, 3.63) is 21.9 Å². The van der Waals surface area contributed by atoms with Crippen LogP contribution >= 0.6 is 11.3 Å². The van der Waals surface area contributed by atoms with Crippen LogP contribution in [0.15, 0.2) is 11.4 Å². The standard InChI is InChI=1S/C9H8O4S/c10-8(11)4-5-3-7-6(1-2-14-7)9(12)13-5/h1-2,5H,3-4H2,(H,10,11). The predicted octanol–water partition coefficient (Wildman–Crippen LogP) is 1.30. The number of carbonyl (C=O) groups excluding carboxylic acids is 1. The quantitative estimate of drug-likeness (QED) is 0.750. The Morgan fingerprint density at radius 1 is 1.71 bits per heavy atom. The molecule has 0 saturated heterocycles. The Kier molecular flexibility index (Phi) is 2.25. The molecular formula is C9H8O4S. The molecule has 0 aliphatic carbocycles. The van der Waals surface area contributed by atoms with Crippen molar-refractivity contribution in [2.45, 2.75) is 18.9 Å². The minimum Gasteiger partial charge on any atom is -0.481 e. The van der Waals surface area contributed by atoms with Gasteiger partial charge in [-0.25, -0.2) is 4.79 Å². The van der Waals surface area contributed by atoms with Crippen molar-refractivity contribution in [2.24, 2.45) is 0 Å². The third-order valence-corrected chi connectivity index (χ3v) is 3.00.